The van der Waals surface area contributed by atoms with Crippen LogP contribution in [0, 0.1) is 0 Å². The van der Waals surface area contributed by atoms with E-state index < -0.39 is 0 Å². The van der Waals surface area contributed by atoms with Crippen LogP contribution in [-0.4, -0.2) is 86.4 Å². The summed E-state index contributed by atoms with van der Waals surface area (Å²) in [7, 11) is 0. The number of rotatable bonds is 8. The lowest BCUT2D eigenvalue weighted by Crippen LogP contribution is -2.50. The second-order valence-electron chi connectivity index (χ2n) is 8.11. The van der Waals surface area contributed by atoms with Gasteiger partial charge in [0.25, 0.3) is 11.8 Å². The van der Waals surface area contributed by atoms with Gasteiger partial charge in [0.05, 0.1) is 24.3 Å². The summed E-state index contributed by atoms with van der Waals surface area (Å²) in [5.74, 6) is 0.963. The maximum Gasteiger partial charge on any atom is 0.257 e. The van der Waals surface area contributed by atoms with Crippen molar-refractivity contribution in [1.82, 2.24) is 9.80 Å². The van der Waals surface area contributed by atoms with Gasteiger partial charge >= 0.3 is 0 Å². The molecule has 3 aliphatic heterocycles. The van der Waals surface area contributed by atoms with Gasteiger partial charge in [-0.15, -0.1) is 0 Å². The van der Waals surface area contributed by atoms with E-state index in [2.05, 4.69) is 0 Å². The first-order valence-corrected chi connectivity index (χ1v) is 10.9. The minimum absolute atomic E-state index is 0.0856. The Balaban J connectivity index is 1.20. The maximum atomic E-state index is 13.1. The molecule has 0 radical (unpaired) electrons. The monoisotopic (exact) mass is 438 g/mol. The highest BCUT2D eigenvalue weighted by molar-refractivity contribution is 5.98. The van der Waals surface area contributed by atoms with Crippen LogP contribution in [0.15, 0.2) is 48.5 Å². The van der Waals surface area contributed by atoms with Crippen LogP contribution in [0.1, 0.15) is 20.7 Å². The fourth-order valence-corrected chi connectivity index (χ4v) is 3.69. The quantitative estimate of drug-likeness (QED) is 0.585. The van der Waals surface area contributed by atoms with Crippen molar-refractivity contribution in [3.63, 3.8) is 0 Å². The fraction of sp³-hybridized carbons (Fsp3) is 0.417. The van der Waals surface area contributed by atoms with Gasteiger partial charge in [-0.25, -0.2) is 0 Å². The van der Waals surface area contributed by atoms with Gasteiger partial charge in [-0.3, -0.25) is 9.59 Å². The molecule has 3 aliphatic rings. The Bertz CT molecular complexity index is 900. The number of para-hydroxylation sites is 2. The molecule has 0 spiro atoms. The first-order valence-electron chi connectivity index (χ1n) is 10.9. The minimum atomic E-state index is -0.0856. The van der Waals surface area contributed by atoms with Crippen molar-refractivity contribution in [2.24, 2.45) is 0 Å². The second kappa shape index (κ2) is 9.18. The third-order valence-corrected chi connectivity index (χ3v) is 5.74. The molecule has 0 aromatic heterocycles. The van der Waals surface area contributed by atoms with E-state index in [1.807, 2.05) is 24.3 Å². The molecule has 8 nitrogen and oxygen atoms in total. The molecule has 0 unspecified atom stereocenters. The van der Waals surface area contributed by atoms with Crippen molar-refractivity contribution in [2.75, 3.05) is 52.6 Å². The van der Waals surface area contributed by atoms with Crippen LogP contribution >= 0.6 is 0 Å². The summed E-state index contributed by atoms with van der Waals surface area (Å²) in [5, 5.41) is 0. The molecule has 2 aromatic rings. The molecule has 168 valence electrons. The van der Waals surface area contributed by atoms with Crippen molar-refractivity contribution < 1.29 is 28.5 Å². The normalized spacial score (nSPS) is 21.8. The van der Waals surface area contributed by atoms with E-state index in [0.717, 1.165) is 0 Å². The molecule has 0 aliphatic carbocycles. The molecule has 3 heterocycles. The summed E-state index contributed by atoms with van der Waals surface area (Å²) in [4.78, 5) is 29.8. The number of piperazine rings is 1. The summed E-state index contributed by atoms with van der Waals surface area (Å²) in [6, 6.07) is 14.5. The zero-order chi connectivity index (χ0) is 21.9. The lowest BCUT2D eigenvalue weighted by molar-refractivity contribution is 0.0530. The van der Waals surface area contributed by atoms with E-state index in [9.17, 15) is 9.59 Å². The number of hydrogen-bond acceptors (Lipinski definition) is 6. The zero-order valence-corrected chi connectivity index (χ0v) is 17.8. The Kier molecular flexibility index (Phi) is 5.96. The number of hydrogen-bond donors (Lipinski definition) is 0. The standard InChI is InChI=1S/C24H26N2O6/c27-23(19-5-1-3-7-21(19)31-15-17-13-29-17)25-9-11-26(12-10-25)24(28)20-6-2-4-8-22(20)32-16-18-14-30-18/h1-8,17-18H,9-16H2/t17-,18-/m1/s1. The van der Waals surface area contributed by atoms with Crippen molar-refractivity contribution in [3.05, 3.63) is 59.7 Å². The van der Waals surface area contributed by atoms with Crippen molar-refractivity contribution in [2.45, 2.75) is 12.2 Å². The lowest BCUT2D eigenvalue weighted by atomic mass is 10.1. The van der Waals surface area contributed by atoms with Crippen LogP contribution in [0.3, 0.4) is 0 Å². The van der Waals surface area contributed by atoms with Crippen molar-refractivity contribution >= 4 is 11.8 Å². The highest BCUT2D eigenvalue weighted by Gasteiger charge is 2.30. The zero-order valence-electron chi connectivity index (χ0n) is 17.8. The van der Waals surface area contributed by atoms with E-state index in [1.165, 1.54) is 0 Å². The molecule has 3 saturated heterocycles. The predicted octanol–water partition coefficient (Wildman–Crippen LogP) is 1.84. The van der Waals surface area contributed by atoms with Gasteiger partial charge in [-0.05, 0) is 24.3 Å². The van der Waals surface area contributed by atoms with Gasteiger partial charge in [0.2, 0.25) is 0 Å². The molecule has 2 amide bonds. The average molecular weight is 438 g/mol. The predicted molar refractivity (Wildman–Crippen MR) is 115 cm³/mol. The van der Waals surface area contributed by atoms with Crippen molar-refractivity contribution in [3.8, 4) is 11.5 Å². The summed E-state index contributed by atoms with van der Waals surface area (Å²) in [5.41, 5.74) is 1.07. The van der Waals surface area contributed by atoms with Gasteiger partial charge in [-0.1, -0.05) is 24.3 Å². The Morgan fingerprint density at radius 3 is 1.47 bits per heavy atom. The first-order chi connectivity index (χ1) is 15.7. The second-order valence-corrected chi connectivity index (χ2v) is 8.11. The number of carbonyl (C=O) groups excluding carboxylic acids is 2. The first kappa shape index (κ1) is 20.8. The number of nitrogens with zero attached hydrogens (tertiary/aromatic N) is 2. The highest BCUT2D eigenvalue weighted by atomic mass is 16.6. The van der Waals surface area contributed by atoms with E-state index in [4.69, 9.17) is 18.9 Å². The summed E-state index contributed by atoms with van der Waals surface area (Å²) >= 11 is 0. The maximum absolute atomic E-state index is 13.1. The van der Waals surface area contributed by atoms with E-state index >= 15 is 0 Å². The SMILES string of the molecule is O=C(c1ccccc1OC[C@H]1CO1)N1CCN(C(=O)c2ccccc2OC[C@H]2CO2)CC1. The third kappa shape index (κ3) is 4.87. The van der Waals surface area contributed by atoms with Gasteiger partial charge in [0.15, 0.2) is 0 Å². The van der Waals surface area contributed by atoms with Gasteiger partial charge in [0.1, 0.15) is 36.9 Å². The summed E-state index contributed by atoms with van der Waals surface area (Å²) < 4.78 is 21.9. The molecule has 32 heavy (non-hydrogen) atoms. The molecule has 0 N–H and O–H groups in total. The lowest BCUT2D eigenvalue weighted by Gasteiger charge is -2.35. The van der Waals surface area contributed by atoms with Crippen LogP contribution in [0.5, 0.6) is 11.5 Å². The van der Waals surface area contributed by atoms with Crippen LogP contribution in [0.4, 0.5) is 0 Å². The molecule has 5 rings (SSSR count). The average Bonchev–Trinajstić information content (AvgIpc) is 3.76. The van der Waals surface area contributed by atoms with Crippen LogP contribution in [0.2, 0.25) is 0 Å². The number of carbonyl (C=O) groups is 2. The number of ether oxygens (including phenoxy) is 4. The minimum Gasteiger partial charge on any atom is -0.490 e. The molecule has 3 fully saturated rings. The summed E-state index contributed by atoms with van der Waals surface area (Å²) in [6.07, 6.45) is 0.243. The molecular formula is C24H26N2O6. The van der Waals surface area contributed by atoms with Gasteiger partial charge in [0, 0.05) is 26.2 Å². The molecule has 2 aromatic carbocycles. The van der Waals surface area contributed by atoms with E-state index in [1.54, 1.807) is 34.1 Å². The van der Waals surface area contributed by atoms with Crippen LogP contribution in [-0.2, 0) is 9.47 Å². The number of amides is 2. The van der Waals surface area contributed by atoms with Gasteiger partial charge < -0.3 is 28.7 Å². The molecule has 0 bridgehead atoms. The molecule has 8 heteroatoms. The fourth-order valence-electron chi connectivity index (χ4n) is 3.69. The molecule has 2 atom stereocenters. The highest BCUT2D eigenvalue weighted by Crippen LogP contribution is 2.25. The topological polar surface area (TPSA) is 84.1 Å². The number of benzene rings is 2. The molecular weight excluding hydrogens is 412 g/mol. The largest absolute Gasteiger partial charge is 0.490 e. The Labute approximate surface area is 186 Å². The number of epoxide rings is 2. The Morgan fingerprint density at radius 1 is 0.719 bits per heavy atom. The smallest absolute Gasteiger partial charge is 0.257 e. The van der Waals surface area contributed by atoms with Gasteiger partial charge in [-0.2, -0.15) is 0 Å². The van der Waals surface area contributed by atoms with Crippen molar-refractivity contribution in [1.29, 1.82) is 0 Å². The van der Waals surface area contributed by atoms with E-state index in [0.29, 0.717) is 75.2 Å². The molecule has 0 saturated carbocycles. The Hall–Kier alpha value is -3.10. The van der Waals surface area contributed by atoms with Crippen LogP contribution in [0.25, 0.3) is 0 Å². The van der Waals surface area contributed by atoms with E-state index in [-0.39, 0.29) is 24.0 Å². The Morgan fingerprint density at radius 2 is 1.09 bits per heavy atom. The van der Waals surface area contributed by atoms with Crippen LogP contribution < -0.4 is 9.47 Å². The third-order valence-electron chi connectivity index (χ3n) is 5.74. The summed E-state index contributed by atoms with van der Waals surface area (Å²) in [6.45, 7) is 4.14.